The van der Waals surface area contributed by atoms with Gasteiger partial charge in [-0.15, -0.1) is 14.9 Å². The summed E-state index contributed by atoms with van der Waals surface area (Å²) >= 11 is 1.17. The Balaban J connectivity index is 1.70. The van der Waals surface area contributed by atoms with E-state index >= 15 is 0 Å². The van der Waals surface area contributed by atoms with Crippen LogP contribution in [0.4, 0.5) is 5.69 Å². The van der Waals surface area contributed by atoms with Crippen molar-refractivity contribution < 1.29 is 22.6 Å². The van der Waals surface area contributed by atoms with Gasteiger partial charge in [0.05, 0.1) is 50.4 Å². The molecule has 0 amide bonds. The maximum absolute atomic E-state index is 12.8. The number of aryl methyl sites for hydroxylation is 1. The summed E-state index contributed by atoms with van der Waals surface area (Å²) in [5.41, 5.74) is -0.0425. The van der Waals surface area contributed by atoms with E-state index in [0.717, 1.165) is 14.6 Å². The molecule has 36 heavy (non-hydrogen) atoms. The molecule has 1 aromatic carbocycles. The monoisotopic (exact) mass is 529 g/mol. The molecular weight excluding hydrogens is 510 g/mol. The molecule has 0 atom stereocenters. The van der Waals surface area contributed by atoms with Crippen LogP contribution in [-0.4, -0.2) is 54.1 Å². The smallest absolute Gasteiger partial charge is 0.293 e. The number of anilines is 1. The Hall–Kier alpha value is -4.42. The van der Waals surface area contributed by atoms with Crippen molar-refractivity contribution in [1.29, 1.82) is 5.26 Å². The van der Waals surface area contributed by atoms with E-state index in [1.807, 2.05) is 0 Å². The first-order chi connectivity index (χ1) is 17.2. The van der Waals surface area contributed by atoms with Gasteiger partial charge in [-0.1, -0.05) is 11.3 Å². The molecule has 0 aliphatic heterocycles. The molecule has 4 rings (SSSR count). The van der Waals surface area contributed by atoms with Gasteiger partial charge in [0.25, 0.3) is 15.6 Å². The van der Waals surface area contributed by atoms with Crippen LogP contribution in [-0.2, 0) is 10.0 Å². The minimum absolute atomic E-state index is 0.0137. The molecule has 4 aromatic rings. The summed E-state index contributed by atoms with van der Waals surface area (Å²) in [6.07, 6.45) is 5.57. The molecule has 1 N–H and O–H groups in total. The summed E-state index contributed by atoms with van der Waals surface area (Å²) < 4.78 is 45.7. The SMILES string of the molecule is COc1cc(OC)c(C=CS(=O)(=O)Nc2cnc3c(-c4nnc(C)s4)c(=O)n(C#N)n3c2)c(OC)c1. The molecule has 186 valence electrons. The zero-order chi connectivity index (χ0) is 26.0. The number of benzene rings is 1. The summed E-state index contributed by atoms with van der Waals surface area (Å²) in [4.78, 5) is 17.0. The largest absolute Gasteiger partial charge is 0.496 e. The molecular formula is C21H19N7O6S2. The van der Waals surface area contributed by atoms with Gasteiger partial charge in [0.1, 0.15) is 27.8 Å². The zero-order valence-electron chi connectivity index (χ0n) is 19.4. The van der Waals surface area contributed by atoms with Gasteiger partial charge in [-0.05, 0) is 13.0 Å². The quantitative estimate of drug-likeness (QED) is 0.357. The topological polar surface area (TPSA) is 163 Å². The van der Waals surface area contributed by atoms with Gasteiger partial charge in [-0.25, -0.2) is 17.9 Å². The van der Waals surface area contributed by atoms with E-state index in [1.54, 1.807) is 25.2 Å². The van der Waals surface area contributed by atoms with E-state index < -0.39 is 15.6 Å². The van der Waals surface area contributed by atoms with Crippen molar-refractivity contribution in [2.24, 2.45) is 0 Å². The van der Waals surface area contributed by atoms with E-state index in [2.05, 4.69) is 19.9 Å². The number of rotatable bonds is 8. The van der Waals surface area contributed by atoms with Crippen LogP contribution in [0.2, 0.25) is 0 Å². The van der Waals surface area contributed by atoms with E-state index in [0.29, 0.717) is 32.8 Å². The maximum Gasteiger partial charge on any atom is 0.293 e. The van der Waals surface area contributed by atoms with E-state index in [-0.39, 0.29) is 16.9 Å². The molecule has 0 fully saturated rings. The summed E-state index contributed by atoms with van der Waals surface area (Å²) in [5.74, 6) is 1.15. The molecule has 0 aliphatic rings. The summed E-state index contributed by atoms with van der Waals surface area (Å²) in [5, 5.41) is 19.2. The first-order valence-corrected chi connectivity index (χ1v) is 12.4. The standard InChI is InChI=1S/C21H19N7O6S2/c1-12-24-25-20(35-12)18-19-23-9-13(10-27(19)28(11-22)21(18)29)26-36(30,31)6-5-15-16(33-3)7-14(32-2)8-17(15)34-4/h5-10,26H,1-4H3. The molecule has 13 nitrogen and oxygen atoms in total. The van der Waals surface area contributed by atoms with Crippen molar-refractivity contribution in [1.82, 2.24) is 24.4 Å². The predicted molar refractivity (Wildman–Crippen MR) is 132 cm³/mol. The first-order valence-electron chi connectivity index (χ1n) is 10.1. The Bertz CT molecular complexity index is 1670. The molecule has 0 saturated heterocycles. The molecule has 0 spiro atoms. The fourth-order valence-electron chi connectivity index (χ4n) is 3.33. The van der Waals surface area contributed by atoms with Gasteiger partial charge in [-0.2, -0.15) is 5.26 Å². The molecule has 3 heterocycles. The molecule has 0 bridgehead atoms. The second-order valence-corrected chi connectivity index (χ2v) is 9.87. The van der Waals surface area contributed by atoms with Crippen LogP contribution in [0.1, 0.15) is 10.6 Å². The second-order valence-electron chi connectivity index (χ2n) is 7.12. The molecule has 15 heteroatoms. The number of methoxy groups -OCH3 is 3. The lowest BCUT2D eigenvalue weighted by Crippen LogP contribution is -2.16. The van der Waals surface area contributed by atoms with Crippen molar-refractivity contribution in [2.45, 2.75) is 6.92 Å². The number of ether oxygens (including phenoxy) is 3. The third kappa shape index (κ3) is 4.59. The molecule has 0 aliphatic carbocycles. The lowest BCUT2D eigenvalue weighted by molar-refractivity contribution is 0.374. The van der Waals surface area contributed by atoms with Gasteiger partial charge in [0, 0.05) is 12.1 Å². The number of sulfonamides is 1. The molecule has 0 radical (unpaired) electrons. The average molecular weight is 530 g/mol. The Labute approximate surface area is 208 Å². The lowest BCUT2D eigenvalue weighted by atomic mass is 10.1. The van der Waals surface area contributed by atoms with Crippen molar-refractivity contribution in [3.05, 3.63) is 50.9 Å². The predicted octanol–water partition coefficient (Wildman–Crippen LogP) is 2.09. The van der Waals surface area contributed by atoms with Gasteiger partial charge >= 0.3 is 0 Å². The second kappa shape index (κ2) is 9.68. The van der Waals surface area contributed by atoms with Gasteiger partial charge in [0.2, 0.25) is 6.19 Å². The van der Waals surface area contributed by atoms with Crippen LogP contribution >= 0.6 is 11.3 Å². The number of fused-ring (bicyclic) bond motifs is 1. The normalized spacial score (nSPS) is 11.5. The maximum atomic E-state index is 12.8. The van der Waals surface area contributed by atoms with Crippen molar-refractivity contribution in [2.75, 3.05) is 26.1 Å². The van der Waals surface area contributed by atoms with Crippen LogP contribution in [0, 0.1) is 18.4 Å². The fourth-order valence-corrected chi connectivity index (χ4v) is 4.87. The minimum Gasteiger partial charge on any atom is -0.496 e. The zero-order valence-corrected chi connectivity index (χ0v) is 21.0. The van der Waals surface area contributed by atoms with Crippen LogP contribution in [0.25, 0.3) is 22.3 Å². The Morgan fingerprint density at radius 1 is 1.14 bits per heavy atom. The number of nitrogens with one attached hydrogen (secondary N) is 1. The van der Waals surface area contributed by atoms with Gasteiger partial charge in [0.15, 0.2) is 10.7 Å². The Kier molecular flexibility index (Phi) is 6.64. The summed E-state index contributed by atoms with van der Waals surface area (Å²) in [6, 6.07) is 3.18. The average Bonchev–Trinajstić information content (AvgIpc) is 3.40. The van der Waals surface area contributed by atoms with E-state index in [4.69, 9.17) is 14.2 Å². The fraction of sp³-hybridized carbons (Fsp3) is 0.190. The Morgan fingerprint density at radius 2 is 1.83 bits per heavy atom. The summed E-state index contributed by atoms with van der Waals surface area (Å²) in [6.45, 7) is 1.73. The third-order valence-corrected chi connectivity index (χ3v) is 6.78. The van der Waals surface area contributed by atoms with Crippen molar-refractivity contribution in [3.63, 3.8) is 0 Å². The molecule has 0 saturated carbocycles. The van der Waals surface area contributed by atoms with Gasteiger partial charge < -0.3 is 14.2 Å². The van der Waals surface area contributed by atoms with Crippen molar-refractivity contribution >= 4 is 38.8 Å². The van der Waals surface area contributed by atoms with Gasteiger partial charge in [-0.3, -0.25) is 9.52 Å². The molecule has 0 unspecified atom stereocenters. The van der Waals surface area contributed by atoms with E-state index in [1.165, 1.54) is 51.1 Å². The highest BCUT2D eigenvalue weighted by atomic mass is 32.2. The molecule has 3 aromatic heterocycles. The number of hydrogen-bond donors (Lipinski definition) is 1. The number of nitriles is 1. The Morgan fingerprint density at radius 3 is 2.39 bits per heavy atom. The highest BCUT2D eigenvalue weighted by molar-refractivity contribution is 7.95. The highest BCUT2D eigenvalue weighted by Crippen LogP contribution is 2.35. The third-order valence-electron chi connectivity index (χ3n) is 4.91. The van der Waals surface area contributed by atoms with Crippen molar-refractivity contribution in [3.8, 4) is 34.0 Å². The summed E-state index contributed by atoms with van der Waals surface area (Å²) in [7, 11) is 0.294. The minimum atomic E-state index is -4.06. The van der Waals surface area contributed by atoms with Crippen LogP contribution < -0.4 is 24.5 Å². The first kappa shape index (κ1) is 24.7. The number of aromatic nitrogens is 5. The highest BCUT2D eigenvalue weighted by Gasteiger charge is 2.22. The lowest BCUT2D eigenvalue weighted by Gasteiger charge is -2.12. The number of hydrogen-bond acceptors (Lipinski definition) is 11. The van der Waals surface area contributed by atoms with E-state index in [9.17, 15) is 18.5 Å². The van der Waals surface area contributed by atoms with Crippen LogP contribution in [0.15, 0.2) is 34.7 Å². The van der Waals surface area contributed by atoms with Crippen LogP contribution in [0.3, 0.4) is 0 Å². The number of nitrogens with zero attached hydrogens (tertiary/aromatic N) is 6. The van der Waals surface area contributed by atoms with Crippen LogP contribution in [0.5, 0.6) is 17.2 Å².